The number of nitrogens with one attached hydrogen (secondary N) is 1. The van der Waals surface area contributed by atoms with E-state index in [9.17, 15) is 9.59 Å². The lowest BCUT2D eigenvalue weighted by molar-refractivity contribution is -0.129. The number of aromatic nitrogens is 2. The molecule has 1 aromatic carbocycles. The van der Waals surface area contributed by atoms with E-state index in [1.165, 1.54) is 11.5 Å². The Labute approximate surface area is 138 Å². The molecule has 6 nitrogen and oxygen atoms in total. The Balaban J connectivity index is 1.63. The van der Waals surface area contributed by atoms with E-state index in [4.69, 9.17) is 0 Å². The van der Waals surface area contributed by atoms with Crippen LogP contribution in [-0.2, 0) is 9.59 Å². The van der Waals surface area contributed by atoms with Crippen LogP contribution in [0.25, 0.3) is 10.4 Å². The second kappa shape index (κ2) is 6.45. The second-order valence-electron chi connectivity index (χ2n) is 5.89. The Hall–Kier alpha value is -2.28. The Morgan fingerprint density at radius 3 is 2.65 bits per heavy atom. The second-order valence-corrected chi connectivity index (χ2v) is 6.67. The number of benzene rings is 1. The van der Waals surface area contributed by atoms with Gasteiger partial charge in [-0.05, 0) is 43.1 Å². The van der Waals surface area contributed by atoms with Crippen LogP contribution in [0.2, 0.25) is 0 Å². The maximum Gasteiger partial charge on any atom is 0.229 e. The highest BCUT2D eigenvalue weighted by atomic mass is 32.1. The summed E-state index contributed by atoms with van der Waals surface area (Å²) in [7, 11) is 0. The molecule has 0 radical (unpaired) electrons. The molecule has 1 atom stereocenters. The third-order valence-corrected chi connectivity index (χ3v) is 4.66. The van der Waals surface area contributed by atoms with Crippen LogP contribution in [0.15, 0.2) is 30.5 Å². The predicted molar refractivity (Wildman–Crippen MR) is 88.9 cm³/mol. The average Bonchev–Trinajstić information content (AvgIpc) is 3.17. The van der Waals surface area contributed by atoms with Gasteiger partial charge >= 0.3 is 0 Å². The molecule has 2 amide bonds. The van der Waals surface area contributed by atoms with Crippen molar-refractivity contribution in [2.45, 2.75) is 26.3 Å². The number of amides is 2. The number of hydrogen-bond acceptors (Lipinski definition) is 5. The van der Waals surface area contributed by atoms with Crippen LogP contribution in [0.4, 0.5) is 5.69 Å². The minimum atomic E-state index is -0.282. The van der Waals surface area contributed by atoms with Gasteiger partial charge in [0.25, 0.3) is 0 Å². The smallest absolute Gasteiger partial charge is 0.229 e. The predicted octanol–water partition coefficient (Wildman–Crippen LogP) is 2.40. The van der Waals surface area contributed by atoms with Gasteiger partial charge in [-0.2, -0.15) is 0 Å². The van der Waals surface area contributed by atoms with Crippen molar-refractivity contribution in [2.75, 3.05) is 11.9 Å². The largest absolute Gasteiger partial charge is 0.339 e. The van der Waals surface area contributed by atoms with E-state index in [1.54, 1.807) is 11.1 Å². The van der Waals surface area contributed by atoms with Crippen LogP contribution in [0.3, 0.4) is 0 Å². The first-order chi connectivity index (χ1) is 11.0. The van der Waals surface area contributed by atoms with Crippen molar-refractivity contribution in [3.63, 3.8) is 0 Å². The molecule has 120 valence electrons. The fourth-order valence-electron chi connectivity index (χ4n) is 2.66. The third kappa shape index (κ3) is 3.39. The Kier molecular flexibility index (Phi) is 4.38. The summed E-state index contributed by atoms with van der Waals surface area (Å²) in [4.78, 5) is 27.0. The Morgan fingerprint density at radius 2 is 2.09 bits per heavy atom. The van der Waals surface area contributed by atoms with Crippen LogP contribution in [0.5, 0.6) is 0 Å². The van der Waals surface area contributed by atoms with Crippen molar-refractivity contribution in [1.82, 2.24) is 14.5 Å². The molecule has 1 aromatic heterocycles. The molecule has 2 aromatic rings. The maximum absolute atomic E-state index is 12.3. The molecule has 23 heavy (non-hydrogen) atoms. The molecule has 0 aliphatic carbocycles. The van der Waals surface area contributed by atoms with E-state index in [1.807, 2.05) is 38.1 Å². The summed E-state index contributed by atoms with van der Waals surface area (Å²) < 4.78 is 3.84. The lowest BCUT2D eigenvalue weighted by atomic mass is 10.1. The van der Waals surface area contributed by atoms with Gasteiger partial charge in [0, 0.05) is 24.7 Å². The SMILES string of the molecule is CC(C)N1CC(C(=O)Nc2ccc(-c3cnns3)cc2)CC1=O. The van der Waals surface area contributed by atoms with Crippen molar-refractivity contribution >= 4 is 29.0 Å². The Morgan fingerprint density at radius 1 is 1.35 bits per heavy atom. The summed E-state index contributed by atoms with van der Waals surface area (Å²) in [5, 5.41) is 6.70. The lowest BCUT2D eigenvalue weighted by Gasteiger charge is -2.20. The van der Waals surface area contributed by atoms with Gasteiger partial charge in [0.1, 0.15) is 0 Å². The molecule has 1 saturated heterocycles. The topological polar surface area (TPSA) is 75.2 Å². The van der Waals surface area contributed by atoms with Crippen molar-refractivity contribution < 1.29 is 9.59 Å². The molecule has 0 bridgehead atoms. The summed E-state index contributed by atoms with van der Waals surface area (Å²) in [6.45, 7) is 4.42. The summed E-state index contributed by atoms with van der Waals surface area (Å²) in [5.41, 5.74) is 1.74. The van der Waals surface area contributed by atoms with Crippen LogP contribution in [0, 0.1) is 5.92 Å². The summed E-state index contributed by atoms with van der Waals surface area (Å²) in [6.07, 6.45) is 2.00. The zero-order valence-corrected chi connectivity index (χ0v) is 13.8. The molecule has 2 heterocycles. The van der Waals surface area contributed by atoms with Gasteiger partial charge in [0.15, 0.2) is 0 Å². The van der Waals surface area contributed by atoms with Crippen LogP contribution >= 0.6 is 11.5 Å². The van der Waals surface area contributed by atoms with E-state index in [2.05, 4.69) is 14.9 Å². The van der Waals surface area contributed by atoms with Crippen molar-refractivity contribution in [3.8, 4) is 10.4 Å². The number of anilines is 1. The molecule has 1 fully saturated rings. The zero-order chi connectivity index (χ0) is 16.4. The van der Waals surface area contributed by atoms with E-state index in [0.29, 0.717) is 6.54 Å². The van der Waals surface area contributed by atoms with Gasteiger partial charge in [0.05, 0.1) is 17.0 Å². The highest BCUT2D eigenvalue weighted by molar-refractivity contribution is 7.09. The van der Waals surface area contributed by atoms with Crippen molar-refractivity contribution in [3.05, 3.63) is 30.5 Å². The van der Waals surface area contributed by atoms with E-state index in [-0.39, 0.29) is 30.2 Å². The minimum absolute atomic E-state index is 0.0493. The van der Waals surface area contributed by atoms with Gasteiger partial charge < -0.3 is 10.2 Å². The molecule has 0 saturated carbocycles. The van der Waals surface area contributed by atoms with Crippen LogP contribution in [-0.4, -0.2) is 38.9 Å². The molecule has 1 aliphatic heterocycles. The van der Waals surface area contributed by atoms with Gasteiger partial charge in [0.2, 0.25) is 11.8 Å². The monoisotopic (exact) mass is 330 g/mol. The quantitative estimate of drug-likeness (QED) is 0.934. The molecule has 3 rings (SSSR count). The number of hydrogen-bond donors (Lipinski definition) is 1. The summed E-state index contributed by atoms with van der Waals surface area (Å²) in [5.74, 6) is -0.336. The molecule has 1 N–H and O–H groups in total. The average molecular weight is 330 g/mol. The number of nitrogens with zero attached hydrogens (tertiary/aromatic N) is 3. The van der Waals surface area contributed by atoms with Gasteiger partial charge in [-0.1, -0.05) is 16.6 Å². The lowest BCUT2D eigenvalue weighted by Crippen LogP contribution is -2.33. The fraction of sp³-hybridized carbons (Fsp3) is 0.375. The van der Waals surface area contributed by atoms with Gasteiger partial charge in [-0.3, -0.25) is 9.59 Å². The van der Waals surface area contributed by atoms with E-state index >= 15 is 0 Å². The number of carbonyl (C=O) groups excluding carboxylic acids is 2. The molecular formula is C16H18N4O2S. The van der Waals surface area contributed by atoms with Crippen LogP contribution < -0.4 is 5.32 Å². The highest BCUT2D eigenvalue weighted by Crippen LogP contribution is 2.25. The van der Waals surface area contributed by atoms with Crippen molar-refractivity contribution in [1.29, 1.82) is 0 Å². The van der Waals surface area contributed by atoms with Crippen molar-refractivity contribution in [2.24, 2.45) is 5.92 Å². The molecule has 1 unspecified atom stereocenters. The van der Waals surface area contributed by atoms with E-state index < -0.39 is 0 Å². The third-order valence-electron chi connectivity index (χ3n) is 3.95. The van der Waals surface area contributed by atoms with Gasteiger partial charge in [-0.25, -0.2) is 0 Å². The number of likely N-dealkylation sites (tertiary alicyclic amines) is 1. The molecular weight excluding hydrogens is 312 g/mol. The number of carbonyl (C=O) groups is 2. The normalized spacial score (nSPS) is 17.8. The zero-order valence-electron chi connectivity index (χ0n) is 13.0. The minimum Gasteiger partial charge on any atom is -0.339 e. The van der Waals surface area contributed by atoms with Crippen LogP contribution in [0.1, 0.15) is 20.3 Å². The Bertz CT molecular complexity index is 697. The first kappa shape index (κ1) is 15.6. The fourth-order valence-corrected chi connectivity index (χ4v) is 3.18. The molecule has 0 spiro atoms. The van der Waals surface area contributed by atoms with E-state index in [0.717, 1.165) is 16.1 Å². The molecule has 1 aliphatic rings. The highest BCUT2D eigenvalue weighted by Gasteiger charge is 2.35. The van der Waals surface area contributed by atoms with Gasteiger partial charge in [-0.15, -0.1) is 5.10 Å². The summed E-state index contributed by atoms with van der Waals surface area (Å²) in [6, 6.07) is 7.68. The molecule has 7 heteroatoms. The maximum atomic E-state index is 12.3. The standard InChI is InChI=1S/C16H18N4O2S/c1-10(2)20-9-12(7-15(20)21)16(22)18-13-5-3-11(4-6-13)14-8-17-19-23-14/h3-6,8,10,12H,7,9H2,1-2H3,(H,18,22). The first-order valence-corrected chi connectivity index (χ1v) is 8.30. The number of rotatable bonds is 4. The summed E-state index contributed by atoms with van der Waals surface area (Å²) >= 11 is 1.33. The first-order valence-electron chi connectivity index (χ1n) is 7.52.